The Kier molecular flexibility index (Phi) is 1.26. The number of hydrogen-bond acceptors (Lipinski definition) is 1. The van der Waals surface area contributed by atoms with E-state index in [-0.39, 0.29) is 11.5 Å². The first-order valence-corrected chi connectivity index (χ1v) is 4.41. The Balaban J connectivity index is 2.34. The molecule has 0 aromatic carbocycles. The second-order valence-electron chi connectivity index (χ2n) is 4.59. The zero-order chi connectivity index (χ0) is 8.22. The largest absolute Gasteiger partial charge is 0.393 e. The fraction of sp³-hybridized carbons (Fsp3) is 0.800. The molecule has 62 valence electrons. The summed E-state index contributed by atoms with van der Waals surface area (Å²) in [6, 6.07) is 0. The molecule has 0 amide bonds. The van der Waals surface area contributed by atoms with Crippen LogP contribution in [0.1, 0.15) is 26.7 Å². The molecule has 3 unspecified atom stereocenters. The van der Waals surface area contributed by atoms with Crippen molar-refractivity contribution in [3.8, 4) is 0 Å². The second-order valence-corrected chi connectivity index (χ2v) is 4.59. The quantitative estimate of drug-likeness (QED) is 0.526. The molecule has 3 atom stereocenters. The van der Waals surface area contributed by atoms with Gasteiger partial charge in [0.25, 0.3) is 0 Å². The van der Waals surface area contributed by atoms with Gasteiger partial charge in [0.2, 0.25) is 0 Å². The Morgan fingerprint density at radius 1 is 1.45 bits per heavy atom. The average Bonchev–Trinajstić information content (AvgIpc) is 2.35. The Morgan fingerprint density at radius 3 is 2.45 bits per heavy atom. The van der Waals surface area contributed by atoms with Gasteiger partial charge < -0.3 is 5.11 Å². The van der Waals surface area contributed by atoms with Gasteiger partial charge in [-0.1, -0.05) is 26.0 Å². The van der Waals surface area contributed by atoms with Crippen molar-refractivity contribution in [2.75, 3.05) is 0 Å². The first kappa shape index (κ1) is 7.35. The summed E-state index contributed by atoms with van der Waals surface area (Å²) in [6.07, 6.45) is 2.08. The van der Waals surface area contributed by atoms with E-state index < -0.39 is 0 Å². The molecule has 2 bridgehead atoms. The Labute approximate surface area is 68.1 Å². The lowest BCUT2D eigenvalue weighted by Crippen LogP contribution is -2.32. The summed E-state index contributed by atoms with van der Waals surface area (Å²) in [5.41, 5.74) is 1.57. The van der Waals surface area contributed by atoms with Crippen LogP contribution in [-0.4, -0.2) is 11.2 Å². The fourth-order valence-electron chi connectivity index (χ4n) is 2.84. The van der Waals surface area contributed by atoms with Gasteiger partial charge in [-0.05, 0) is 30.1 Å². The number of fused-ring (bicyclic) bond motifs is 2. The van der Waals surface area contributed by atoms with Crippen LogP contribution in [-0.2, 0) is 0 Å². The summed E-state index contributed by atoms with van der Waals surface area (Å²) in [5, 5.41) is 9.63. The van der Waals surface area contributed by atoms with Gasteiger partial charge in [-0.15, -0.1) is 0 Å². The van der Waals surface area contributed by atoms with Crippen molar-refractivity contribution in [2.24, 2.45) is 17.3 Å². The maximum absolute atomic E-state index is 9.63. The molecule has 1 nitrogen and oxygen atoms in total. The van der Waals surface area contributed by atoms with Crippen molar-refractivity contribution in [2.45, 2.75) is 32.8 Å². The van der Waals surface area contributed by atoms with E-state index >= 15 is 0 Å². The lowest BCUT2D eigenvalue weighted by molar-refractivity contribution is 0.0685. The van der Waals surface area contributed by atoms with Gasteiger partial charge in [0.1, 0.15) is 0 Å². The van der Waals surface area contributed by atoms with E-state index in [4.69, 9.17) is 0 Å². The molecule has 2 fully saturated rings. The molecule has 2 rings (SSSR count). The third-order valence-corrected chi connectivity index (χ3v) is 3.78. The van der Waals surface area contributed by atoms with Gasteiger partial charge in [0, 0.05) is 0 Å². The van der Waals surface area contributed by atoms with Crippen LogP contribution in [0.4, 0.5) is 0 Å². The summed E-state index contributed by atoms with van der Waals surface area (Å²) in [6.45, 7) is 8.53. The van der Waals surface area contributed by atoms with Crippen molar-refractivity contribution in [1.29, 1.82) is 0 Å². The summed E-state index contributed by atoms with van der Waals surface area (Å²) < 4.78 is 0. The predicted molar refractivity (Wildman–Crippen MR) is 45.1 cm³/mol. The standard InChI is InChI=1S/C10H16O/c1-6-7-4-8(9(11)5-7)10(6,2)3/h7-9,11H,1,4-5H2,2-3H3. The Morgan fingerprint density at radius 2 is 2.09 bits per heavy atom. The van der Waals surface area contributed by atoms with Gasteiger partial charge in [0.15, 0.2) is 0 Å². The number of aliphatic hydroxyl groups excluding tert-OH is 1. The normalized spacial score (nSPS) is 46.8. The first-order valence-electron chi connectivity index (χ1n) is 4.41. The zero-order valence-corrected chi connectivity index (χ0v) is 7.30. The van der Waals surface area contributed by atoms with Crippen LogP contribution in [0.3, 0.4) is 0 Å². The summed E-state index contributed by atoms with van der Waals surface area (Å²) >= 11 is 0. The van der Waals surface area contributed by atoms with Crippen LogP contribution >= 0.6 is 0 Å². The summed E-state index contributed by atoms with van der Waals surface area (Å²) in [5.74, 6) is 1.10. The molecule has 0 aromatic heterocycles. The molecule has 1 heteroatoms. The maximum atomic E-state index is 9.63. The van der Waals surface area contributed by atoms with E-state index in [9.17, 15) is 5.11 Å². The molecule has 0 heterocycles. The second kappa shape index (κ2) is 1.89. The summed E-state index contributed by atoms with van der Waals surface area (Å²) in [4.78, 5) is 0. The molecule has 2 saturated carbocycles. The van der Waals surface area contributed by atoms with Crippen molar-refractivity contribution >= 4 is 0 Å². The molecule has 0 spiro atoms. The van der Waals surface area contributed by atoms with Crippen molar-refractivity contribution in [1.82, 2.24) is 0 Å². The molecular formula is C10H16O. The topological polar surface area (TPSA) is 20.2 Å². The molecule has 11 heavy (non-hydrogen) atoms. The highest BCUT2D eigenvalue weighted by molar-refractivity contribution is 5.24. The third-order valence-electron chi connectivity index (χ3n) is 3.78. The molecular weight excluding hydrogens is 136 g/mol. The fourth-order valence-corrected chi connectivity index (χ4v) is 2.84. The number of rotatable bonds is 0. The lowest BCUT2D eigenvalue weighted by Gasteiger charge is -2.35. The number of allylic oxidation sites excluding steroid dienone is 1. The van der Waals surface area contributed by atoms with Crippen LogP contribution in [0.25, 0.3) is 0 Å². The lowest BCUT2D eigenvalue weighted by atomic mass is 9.72. The first-order chi connectivity index (χ1) is 5.03. The average molecular weight is 152 g/mol. The molecule has 0 aromatic rings. The highest BCUT2D eigenvalue weighted by atomic mass is 16.3. The van der Waals surface area contributed by atoms with Crippen LogP contribution in [0, 0.1) is 17.3 Å². The molecule has 2 aliphatic carbocycles. The minimum atomic E-state index is -0.0551. The van der Waals surface area contributed by atoms with Crippen molar-refractivity contribution < 1.29 is 5.11 Å². The van der Waals surface area contributed by atoms with Gasteiger partial charge in [-0.2, -0.15) is 0 Å². The highest BCUT2D eigenvalue weighted by Crippen LogP contribution is 2.58. The van der Waals surface area contributed by atoms with Crippen LogP contribution in [0.15, 0.2) is 12.2 Å². The van der Waals surface area contributed by atoms with Gasteiger partial charge in [0.05, 0.1) is 6.10 Å². The smallest absolute Gasteiger partial charge is 0.0582 e. The van der Waals surface area contributed by atoms with Crippen LogP contribution in [0.2, 0.25) is 0 Å². The van der Waals surface area contributed by atoms with Crippen LogP contribution < -0.4 is 0 Å². The van der Waals surface area contributed by atoms with Crippen molar-refractivity contribution in [3.05, 3.63) is 12.2 Å². The minimum Gasteiger partial charge on any atom is -0.393 e. The highest BCUT2D eigenvalue weighted by Gasteiger charge is 2.52. The molecule has 2 aliphatic rings. The van der Waals surface area contributed by atoms with Gasteiger partial charge in [-0.3, -0.25) is 0 Å². The molecule has 0 aliphatic heterocycles. The van der Waals surface area contributed by atoms with Gasteiger partial charge in [-0.25, -0.2) is 0 Å². The minimum absolute atomic E-state index is 0.0551. The van der Waals surface area contributed by atoms with E-state index in [1.54, 1.807) is 0 Å². The van der Waals surface area contributed by atoms with E-state index in [0.717, 1.165) is 6.42 Å². The van der Waals surface area contributed by atoms with Crippen LogP contribution in [0.5, 0.6) is 0 Å². The summed E-state index contributed by atoms with van der Waals surface area (Å²) in [7, 11) is 0. The van der Waals surface area contributed by atoms with E-state index in [1.807, 2.05) is 0 Å². The Bertz CT molecular complexity index is 205. The predicted octanol–water partition coefficient (Wildman–Crippen LogP) is 1.97. The third kappa shape index (κ3) is 0.750. The van der Waals surface area contributed by atoms with E-state index in [1.165, 1.54) is 12.0 Å². The van der Waals surface area contributed by atoms with Crippen molar-refractivity contribution in [3.63, 3.8) is 0 Å². The van der Waals surface area contributed by atoms with E-state index in [2.05, 4.69) is 20.4 Å². The maximum Gasteiger partial charge on any atom is 0.0582 e. The number of hydrogen-bond donors (Lipinski definition) is 1. The molecule has 1 N–H and O–H groups in total. The molecule has 0 saturated heterocycles. The SMILES string of the molecule is C=C1C2CC(O)C(C2)C1(C)C. The Hall–Kier alpha value is -0.300. The molecule has 0 radical (unpaired) electrons. The van der Waals surface area contributed by atoms with Gasteiger partial charge >= 0.3 is 0 Å². The van der Waals surface area contributed by atoms with E-state index in [0.29, 0.717) is 11.8 Å². The number of aliphatic hydroxyl groups is 1. The zero-order valence-electron chi connectivity index (χ0n) is 7.30. The monoisotopic (exact) mass is 152 g/mol.